The number of nitrogens with one attached hydrogen (secondary N) is 1. The number of halogens is 6. The van der Waals surface area contributed by atoms with E-state index in [9.17, 15) is 31.8 Å². The molecule has 0 aliphatic heterocycles. The molecular formula is C33H28F6N4O2. The maximum absolute atomic E-state index is 12.8. The number of benzene rings is 3. The van der Waals surface area contributed by atoms with Gasteiger partial charge < -0.3 is 13.9 Å². The number of aromatic nitrogens is 3. The molecule has 1 fully saturated rings. The molecule has 0 unspecified atom stereocenters. The summed E-state index contributed by atoms with van der Waals surface area (Å²) >= 11 is 0. The third-order valence-electron chi connectivity index (χ3n) is 7.98. The highest BCUT2D eigenvalue weighted by atomic mass is 19.4. The molecule has 5 aromatic rings. The molecule has 3 aromatic carbocycles. The van der Waals surface area contributed by atoms with E-state index in [4.69, 9.17) is 4.98 Å². The maximum Gasteiger partial charge on any atom is 0.573 e. The van der Waals surface area contributed by atoms with Crippen molar-refractivity contribution >= 4 is 11.0 Å². The topological polar surface area (TPSA) is 65.1 Å². The summed E-state index contributed by atoms with van der Waals surface area (Å²) < 4.78 is 88.6. The Hall–Kier alpha value is -4.58. The Bertz CT molecular complexity index is 1820. The van der Waals surface area contributed by atoms with Crippen LogP contribution >= 0.6 is 0 Å². The second kappa shape index (κ2) is 12.1. The van der Waals surface area contributed by atoms with Gasteiger partial charge >= 0.3 is 12.7 Å². The highest BCUT2D eigenvalue weighted by Gasteiger charge is 2.36. The fraction of sp³-hybridized carbons (Fsp3) is 0.273. The predicted octanol–water partition coefficient (Wildman–Crippen LogP) is 8.62. The van der Waals surface area contributed by atoms with Crippen LogP contribution < -0.4 is 10.2 Å². The smallest absolute Gasteiger partial charge is 0.406 e. The Morgan fingerprint density at radius 1 is 0.756 bits per heavy atom. The molecule has 1 saturated carbocycles. The lowest BCUT2D eigenvalue weighted by Gasteiger charge is -2.30. The van der Waals surface area contributed by atoms with E-state index in [0.29, 0.717) is 29.4 Å². The average Bonchev–Trinajstić information content (AvgIpc) is 3.33. The molecule has 2 aromatic heterocycles. The molecule has 0 spiro atoms. The number of ether oxygens (including phenoxy) is 2. The minimum atomic E-state index is -4.81. The molecule has 0 atom stereocenters. The molecule has 6 rings (SSSR count). The van der Waals surface area contributed by atoms with Crippen LogP contribution in [0.25, 0.3) is 33.4 Å². The van der Waals surface area contributed by atoms with Gasteiger partial charge in [0.2, 0.25) is 0 Å². The van der Waals surface area contributed by atoms with Crippen molar-refractivity contribution in [2.45, 2.75) is 57.1 Å². The Kier molecular flexibility index (Phi) is 8.17. The van der Waals surface area contributed by atoms with Crippen molar-refractivity contribution in [3.63, 3.8) is 0 Å². The van der Waals surface area contributed by atoms with Crippen LogP contribution in [0.4, 0.5) is 26.3 Å². The van der Waals surface area contributed by atoms with Crippen molar-refractivity contribution < 1.29 is 35.8 Å². The van der Waals surface area contributed by atoms with Crippen molar-refractivity contribution in [2.24, 2.45) is 0 Å². The molecule has 0 amide bonds. The fourth-order valence-electron chi connectivity index (χ4n) is 6.09. The van der Waals surface area contributed by atoms with Crippen molar-refractivity contribution in [3.05, 3.63) is 102 Å². The summed E-state index contributed by atoms with van der Waals surface area (Å²) in [5, 5.41) is 9.96. The van der Waals surface area contributed by atoms with E-state index in [1.54, 1.807) is 23.0 Å². The van der Waals surface area contributed by atoms with Gasteiger partial charge in [0.05, 0.1) is 23.5 Å². The summed E-state index contributed by atoms with van der Waals surface area (Å²) in [5.41, 5.74) is 4.57. The quantitative estimate of drug-likeness (QED) is 0.184. The first-order valence-corrected chi connectivity index (χ1v) is 14.3. The molecule has 0 bridgehead atoms. The lowest BCUT2D eigenvalue weighted by atomic mass is 9.92. The maximum atomic E-state index is 12.8. The van der Waals surface area contributed by atoms with Crippen molar-refractivity contribution in [1.82, 2.24) is 14.1 Å². The minimum Gasteiger partial charge on any atom is -0.406 e. The molecule has 0 saturated heterocycles. The van der Waals surface area contributed by atoms with Crippen LogP contribution in [0.15, 0.2) is 91.3 Å². The van der Waals surface area contributed by atoms with Crippen LogP contribution in [0.2, 0.25) is 0 Å². The Morgan fingerprint density at radius 3 is 1.93 bits per heavy atom. The number of fused-ring (bicyclic) bond motifs is 1. The van der Waals surface area contributed by atoms with E-state index in [1.165, 1.54) is 12.1 Å². The van der Waals surface area contributed by atoms with Gasteiger partial charge in [-0.3, -0.25) is 10.1 Å². The van der Waals surface area contributed by atoms with Crippen LogP contribution in [0.3, 0.4) is 0 Å². The van der Waals surface area contributed by atoms with Gasteiger partial charge in [-0.05, 0) is 54.5 Å². The van der Waals surface area contributed by atoms with Crippen molar-refractivity contribution in [1.29, 1.82) is 5.41 Å². The lowest BCUT2D eigenvalue weighted by Crippen LogP contribution is -2.32. The van der Waals surface area contributed by atoms with Crippen molar-refractivity contribution in [3.8, 4) is 28.1 Å². The number of nitrogens with zero attached hydrogens (tertiary/aromatic N) is 3. The summed E-state index contributed by atoms with van der Waals surface area (Å²) in [7, 11) is 0. The Labute approximate surface area is 254 Å². The molecular weight excluding hydrogens is 598 g/mol. The van der Waals surface area contributed by atoms with Gasteiger partial charge in [-0.1, -0.05) is 72.8 Å². The Balaban J connectivity index is 1.49. The zero-order valence-corrected chi connectivity index (χ0v) is 23.8. The minimum absolute atomic E-state index is 0.170. The van der Waals surface area contributed by atoms with E-state index >= 15 is 0 Å². The number of alkyl halides is 6. The van der Waals surface area contributed by atoms with Gasteiger partial charge in [0.15, 0.2) is 0 Å². The summed E-state index contributed by atoms with van der Waals surface area (Å²) in [5.74, 6) is -0.333. The summed E-state index contributed by atoms with van der Waals surface area (Å²) in [6.45, 7) is 0.232. The van der Waals surface area contributed by atoms with E-state index in [-0.39, 0.29) is 36.7 Å². The second-order valence-corrected chi connectivity index (χ2v) is 10.9. The summed E-state index contributed by atoms with van der Waals surface area (Å²) in [4.78, 5) is 4.81. The first-order chi connectivity index (χ1) is 21.5. The lowest BCUT2D eigenvalue weighted by molar-refractivity contribution is -0.345. The molecule has 1 aliphatic rings. The third-order valence-corrected chi connectivity index (χ3v) is 7.98. The highest BCUT2D eigenvalue weighted by Crippen LogP contribution is 2.40. The van der Waals surface area contributed by atoms with E-state index < -0.39 is 18.8 Å². The summed E-state index contributed by atoms with van der Waals surface area (Å²) in [6, 6.07) is 24.5. The largest absolute Gasteiger partial charge is 0.573 e. The van der Waals surface area contributed by atoms with Gasteiger partial charge in [0.25, 0.3) is 0 Å². The molecule has 0 radical (unpaired) electrons. The molecule has 12 heteroatoms. The standard InChI is InChI=1S/C33H28F6N4O2/c34-32(35,36)44-25-15-11-21(12-16-25)19-42-29(23-9-5-2-6-10-23)27(22-7-3-1-4-8-22)28-30(40)43(20-41-31(28)42)24-13-17-26(18-14-24)45-33(37,38)39/h1-12,15-16,20,24,26,40H,13-14,17-19H2. The van der Waals surface area contributed by atoms with Crippen molar-refractivity contribution in [2.75, 3.05) is 0 Å². The number of rotatable bonds is 7. The Morgan fingerprint density at radius 2 is 1.36 bits per heavy atom. The summed E-state index contributed by atoms with van der Waals surface area (Å²) in [6.07, 6.45) is -7.69. The zero-order chi connectivity index (χ0) is 31.8. The normalized spacial score (nSPS) is 17.5. The van der Waals surface area contributed by atoms with Crippen LogP contribution in [-0.2, 0) is 11.3 Å². The van der Waals surface area contributed by atoms with Gasteiger partial charge in [0.1, 0.15) is 16.9 Å². The second-order valence-electron chi connectivity index (χ2n) is 10.9. The molecule has 45 heavy (non-hydrogen) atoms. The third kappa shape index (κ3) is 6.75. The molecule has 234 valence electrons. The van der Waals surface area contributed by atoms with E-state index in [0.717, 1.165) is 22.4 Å². The van der Waals surface area contributed by atoms with Crippen LogP contribution in [0, 0.1) is 5.41 Å². The molecule has 2 heterocycles. The van der Waals surface area contributed by atoms with Crippen LogP contribution in [-0.4, -0.2) is 32.9 Å². The SMILES string of the molecule is N=c1c2c(-c3ccccc3)c(-c3ccccc3)n(Cc3ccc(OC(F)(F)F)cc3)c2ncn1C1CCC(OC(F)(F)F)CC1. The first-order valence-electron chi connectivity index (χ1n) is 14.3. The van der Waals surface area contributed by atoms with E-state index in [1.807, 2.05) is 65.2 Å². The molecule has 1 N–H and O–H groups in total. The van der Waals surface area contributed by atoms with E-state index in [2.05, 4.69) is 9.47 Å². The highest BCUT2D eigenvalue weighted by molar-refractivity contribution is 6.02. The van der Waals surface area contributed by atoms with Crippen LogP contribution in [0.1, 0.15) is 37.3 Å². The van der Waals surface area contributed by atoms with Gasteiger partial charge in [0, 0.05) is 18.2 Å². The number of hydrogen-bond acceptors (Lipinski definition) is 4. The monoisotopic (exact) mass is 626 g/mol. The van der Waals surface area contributed by atoms with Crippen LogP contribution in [0.5, 0.6) is 5.75 Å². The zero-order valence-electron chi connectivity index (χ0n) is 23.8. The number of hydrogen-bond donors (Lipinski definition) is 1. The van der Waals surface area contributed by atoms with Gasteiger partial charge in [-0.2, -0.15) is 0 Å². The molecule has 1 aliphatic carbocycles. The van der Waals surface area contributed by atoms with Gasteiger partial charge in [-0.15, -0.1) is 26.3 Å². The molecule has 6 nitrogen and oxygen atoms in total. The first kappa shape index (κ1) is 30.4. The average molecular weight is 627 g/mol. The predicted molar refractivity (Wildman–Crippen MR) is 155 cm³/mol. The van der Waals surface area contributed by atoms with Gasteiger partial charge in [-0.25, -0.2) is 4.98 Å². The fourth-order valence-corrected chi connectivity index (χ4v) is 6.09.